The molecule has 2 fully saturated rings. The number of likely N-dealkylation sites (tertiary alicyclic amines) is 1. The van der Waals surface area contributed by atoms with E-state index in [2.05, 4.69) is 74.7 Å². The second-order valence-corrected chi connectivity index (χ2v) is 11.3. The monoisotopic (exact) mass is 519 g/mol. The minimum atomic E-state index is 0.0295. The molecule has 0 radical (unpaired) electrons. The number of hydrogen-bond acceptors (Lipinski definition) is 6. The fourth-order valence-corrected chi connectivity index (χ4v) is 6.94. The molecule has 4 heterocycles. The minimum absolute atomic E-state index is 0.0295. The van der Waals surface area contributed by atoms with Gasteiger partial charge in [-0.3, -0.25) is 9.69 Å². The normalized spacial score (nSPS) is 22.7. The van der Waals surface area contributed by atoms with Crippen LogP contribution in [-0.4, -0.2) is 55.1 Å². The summed E-state index contributed by atoms with van der Waals surface area (Å²) in [5, 5.41) is 5.92. The van der Waals surface area contributed by atoms with Crippen LogP contribution in [0.2, 0.25) is 0 Å². The molecule has 2 atom stereocenters. The van der Waals surface area contributed by atoms with Gasteiger partial charge in [0, 0.05) is 38.3 Å². The summed E-state index contributed by atoms with van der Waals surface area (Å²) in [4.78, 5) is 25.5. The molecule has 1 saturated heterocycles. The van der Waals surface area contributed by atoms with Crippen LogP contribution in [0.3, 0.4) is 0 Å². The molecule has 2 aromatic heterocycles. The van der Waals surface area contributed by atoms with E-state index < -0.39 is 0 Å². The van der Waals surface area contributed by atoms with Gasteiger partial charge in [-0.2, -0.15) is 5.10 Å². The van der Waals surface area contributed by atoms with Crippen molar-refractivity contribution in [1.29, 1.82) is 0 Å². The molecular weight excluding hydrogens is 486 g/mol. The quantitative estimate of drug-likeness (QED) is 0.397. The van der Waals surface area contributed by atoms with Crippen LogP contribution in [0.25, 0.3) is 22.3 Å². The van der Waals surface area contributed by atoms with Gasteiger partial charge in [-0.15, -0.1) is 0 Å². The number of fused-ring (bicyclic) bond motifs is 3. The van der Waals surface area contributed by atoms with Gasteiger partial charge < -0.3 is 10.6 Å². The summed E-state index contributed by atoms with van der Waals surface area (Å²) in [6, 6.07) is 17.7. The number of hydrogen-bond donors (Lipinski definition) is 1. The molecule has 0 bridgehead atoms. The molecule has 1 saturated carbocycles. The van der Waals surface area contributed by atoms with E-state index in [9.17, 15) is 4.79 Å². The summed E-state index contributed by atoms with van der Waals surface area (Å²) in [5.74, 6) is 1.43. The number of nitrogens with zero attached hydrogens (tertiary/aromatic N) is 6. The van der Waals surface area contributed by atoms with Crippen LogP contribution in [0.5, 0.6) is 0 Å². The SMILES string of the molecule is C=CC(=O)N1CC2CC(n3nc(-c4ccc(CN5CCc6ccccc6C5)cc4)c4c(N)ncnc43)CC2C1. The van der Waals surface area contributed by atoms with Crippen molar-refractivity contribution in [3.8, 4) is 11.3 Å². The highest BCUT2D eigenvalue weighted by Gasteiger charge is 2.43. The fourth-order valence-electron chi connectivity index (χ4n) is 6.94. The van der Waals surface area contributed by atoms with E-state index in [0.717, 1.165) is 74.3 Å². The lowest BCUT2D eigenvalue weighted by molar-refractivity contribution is -0.125. The zero-order valence-electron chi connectivity index (χ0n) is 22.0. The van der Waals surface area contributed by atoms with Gasteiger partial charge in [-0.1, -0.05) is 55.1 Å². The number of benzene rings is 2. The van der Waals surface area contributed by atoms with Gasteiger partial charge >= 0.3 is 0 Å². The third-order valence-corrected chi connectivity index (χ3v) is 8.92. The van der Waals surface area contributed by atoms with E-state index in [4.69, 9.17) is 10.8 Å². The number of carbonyl (C=O) groups excluding carboxylic acids is 1. The number of nitrogen functional groups attached to an aromatic ring is 1. The Labute approximate surface area is 228 Å². The Morgan fingerprint density at radius 2 is 1.77 bits per heavy atom. The Balaban J connectivity index is 1.12. The lowest BCUT2D eigenvalue weighted by Crippen LogP contribution is -2.29. The number of anilines is 1. The maximum absolute atomic E-state index is 12.1. The van der Waals surface area contributed by atoms with Crippen LogP contribution < -0.4 is 5.73 Å². The smallest absolute Gasteiger partial charge is 0.245 e. The number of carbonyl (C=O) groups is 1. The molecular formula is C31H33N7O. The lowest BCUT2D eigenvalue weighted by atomic mass is 9.99. The summed E-state index contributed by atoms with van der Waals surface area (Å²) < 4.78 is 2.07. The molecule has 39 heavy (non-hydrogen) atoms. The minimum Gasteiger partial charge on any atom is -0.383 e. The Morgan fingerprint density at radius 1 is 1.03 bits per heavy atom. The Hall–Kier alpha value is -4.04. The highest BCUT2D eigenvalue weighted by Crippen LogP contribution is 2.45. The summed E-state index contributed by atoms with van der Waals surface area (Å²) >= 11 is 0. The molecule has 3 aliphatic rings. The molecule has 1 aliphatic carbocycles. The second-order valence-electron chi connectivity index (χ2n) is 11.3. The van der Waals surface area contributed by atoms with Crippen molar-refractivity contribution in [2.45, 2.75) is 38.4 Å². The first-order valence-electron chi connectivity index (χ1n) is 13.9. The van der Waals surface area contributed by atoms with E-state index >= 15 is 0 Å². The molecule has 0 spiro atoms. The van der Waals surface area contributed by atoms with Crippen molar-refractivity contribution < 1.29 is 4.79 Å². The first kappa shape index (κ1) is 24.0. The molecule has 1 amide bonds. The highest BCUT2D eigenvalue weighted by molar-refractivity contribution is 5.98. The number of nitrogens with two attached hydrogens (primary N) is 1. The largest absolute Gasteiger partial charge is 0.383 e. The number of rotatable bonds is 5. The Bertz CT molecular complexity index is 1550. The Kier molecular flexibility index (Phi) is 5.92. The highest BCUT2D eigenvalue weighted by atomic mass is 16.2. The predicted molar refractivity (Wildman–Crippen MR) is 151 cm³/mol. The van der Waals surface area contributed by atoms with Crippen LogP contribution in [0.1, 0.15) is 35.6 Å². The standard InChI is InChI=1S/C31H33N7O/c1-2-27(39)37-17-24-13-26(14-25(24)18-37)38-31-28(30(32)33-19-34-31)29(35-38)22-9-7-20(8-10-22)15-36-12-11-21-5-3-4-6-23(21)16-36/h2-10,19,24-26H,1,11-18H2,(H2,32,33,34). The fraction of sp³-hybridized carbons (Fsp3) is 0.355. The van der Waals surface area contributed by atoms with Crippen molar-refractivity contribution in [3.05, 3.63) is 84.2 Å². The van der Waals surface area contributed by atoms with Gasteiger partial charge in [0.25, 0.3) is 0 Å². The number of aromatic nitrogens is 4. The van der Waals surface area contributed by atoms with Crippen LogP contribution in [-0.2, 0) is 24.3 Å². The Morgan fingerprint density at radius 3 is 2.51 bits per heavy atom. The van der Waals surface area contributed by atoms with Gasteiger partial charge in [-0.05, 0) is 53.9 Å². The lowest BCUT2D eigenvalue weighted by Gasteiger charge is -2.28. The summed E-state index contributed by atoms with van der Waals surface area (Å²) in [6.07, 6.45) is 6.00. The van der Waals surface area contributed by atoms with Gasteiger partial charge in [-0.25, -0.2) is 14.6 Å². The first-order chi connectivity index (χ1) is 19.1. The van der Waals surface area contributed by atoms with Gasteiger partial charge in [0.1, 0.15) is 17.8 Å². The average Bonchev–Trinajstić information content (AvgIpc) is 3.65. The van der Waals surface area contributed by atoms with E-state index in [1.54, 1.807) is 0 Å². The molecule has 2 aliphatic heterocycles. The second kappa shape index (κ2) is 9.61. The van der Waals surface area contributed by atoms with Crippen molar-refractivity contribution in [1.82, 2.24) is 29.5 Å². The summed E-state index contributed by atoms with van der Waals surface area (Å²) in [5.41, 5.74) is 13.2. The number of amides is 1. The molecule has 8 nitrogen and oxygen atoms in total. The van der Waals surface area contributed by atoms with Gasteiger partial charge in [0.2, 0.25) is 5.91 Å². The first-order valence-corrected chi connectivity index (χ1v) is 13.9. The van der Waals surface area contributed by atoms with Crippen molar-refractivity contribution in [3.63, 3.8) is 0 Å². The zero-order chi connectivity index (χ0) is 26.5. The topological polar surface area (TPSA) is 93.2 Å². The van der Waals surface area contributed by atoms with Crippen molar-refractivity contribution in [2.75, 3.05) is 25.4 Å². The van der Waals surface area contributed by atoms with Crippen LogP contribution in [0.15, 0.2) is 67.5 Å². The van der Waals surface area contributed by atoms with E-state index in [1.807, 2.05) is 4.90 Å². The molecule has 198 valence electrons. The summed E-state index contributed by atoms with van der Waals surface area (Å²) in [7, 11) is 0. The molecule has 4 aromatic rings. The third kappa shape index (κ3) is 4.29. The van der Waals surface area contributed by atoms with Crippen molar-refractivity contribution >= 4 is 22.8 Å². The van der Waals surface area contributed by atoms with Gasteiger partial charge in [0.05, 0.1) is 11.4 Å². The van der Waals surface area contributed by atoms with E-state index in [1.165, 1.54) is 29.1 Å². The average molecular weight is 520 g/mol. The maximum Gasteiger partial charge on any atom is 0.245 e. The summed E-state index contributed by atoms with van der Waals surface area (Å²) in [6.45, 7) is 8.21. The van der Waals surface area contributed by atoms with Crippen LogP contribution in [0.4, 0.5) is 5.82 Å². The molecule has 8 heteroatoms. The maximum atomic E-state index is 12.1. The van der Waals surface area contributed by atoms with E-state index in [-0.39, 0.29) is 11.9 Å². The van der Waals surface area contributed by atoms with Crippen LogP contribution in [0, 0.1) is 11.8 Å². The van der Waals surface area contributed by atoms with Crippen LogP contribution >= 0.6 is 0 Å². The van der Waals surface area contributed by atoms with Crippen molar-refractivity contribution in [2.24, 2.45) is 11.8 Å². The predicted octanol–water partition coefficient (Wildman–Crippen LogP) is 4.23. The molecule has 2 unspecified atom stereocenters. The molecule has 2 aromatic carbocycles. The zero-order valence-corrected chi connectivity index (χ0v) is 22.0. The molecule has 7 rings (SSSR count). The molecule has 2 N–H and O–H groups in total. The van der Waals surface area contributed by atoms with Gasteiger partial charge in [0.15, 0.2) is 5.65 Å². The third-order valence-electron chi connectivity index (χ3n) is 8.92. The van der Waals surface area contributed by atoms with E-state index in [0.29, 0.717) is 17.7 Å².